The summed E-state index contributed by atoms with van der Waals surface area (Å²) < 4.78 is 5.49. The molecule has 0 atom stereocenters. The van der Waals surface area contributed by atoms with Crippen molar-refractivity contribution in [1.29, 1.82) is 0 Å². The lowest BCUT2D eigenvalue weighted by molar-refractivity contribution is 0.402. The van der Waals surface area contributed by atoms with E-state index in [4.69, 9.17) is 9.73 Å². The number of hydrogen-bond donors (Lipinski definition) is 1. The van der Waals surface area contributed by atoms with Crippen LogP contribution in [0.1, 0.15) is 0 Å². The number of nitrogens with zero attached hydrogens (tertiary/aromatic N) is 1. The molecule has 0 radical (unpaired) electrons. The van der Waals surface area contributed by atoms with Crippen LogP contribution in [0.5, 0.6) is 0 Å². The lowest BCUT2D eigenvalue weighted by Gasteiger charge is -2.11. The van der Waals surface area contributed by atoms with E-state index in [-0.39, 0.29) is 0 Å². The zero-order valence-corrected chi connectivity index (χ0v) is 13.9. The highest BCUT2D eigenvalue weighted by molar-refractivity contribution is 6.03. The fourth-order valence-electron chi connectivity index (χ4n) is 2.99. The summed E-state index contributed by atoms with van der Waals surface area (Å²) in [6.45, 7) is 0. The predicted octanol–water partition coefficient (Wildman–Crippen LogP) is 5.74. The minimum absolute atomic E-state index is 0.465. The molecule has 0 bridgehead atoms. The Hall–Kier alpha value is -3.33. The fraction of sp³-hybridized carbons (Fsp3) is 0.0455. The van der Waals surface area contributed by atoms with Gasteiger partial charge in [-0.05, 0) is 22.9 Å². The molecular weight excluding hydrogens is 308 g/mol. The molecule has 0 heterocycles. The van der Waals surface area contributed by atoms with Crippen molar-refractivity contribution in [3.8, 4) is 0 Å². The lowest BCUT2D eigenvalue weighted by atomic mass is 10.1. The summed E-state index contributed by atoms with van der Waals surface area (Å²) in [5, 5.41) is 7.87. The number of benzene rings is 4. The predicted molar refractivity (Wildman–Crippen MR) is 106 cm³/mol. The Morgan fingerprint density at radius 3 is 2.08 bits per heavy atom. The molecule has 0 saturated heterocycles. The van der Waals surface area contributed by atoms with Gasteiger partial charge in [0.2, 0.25) is 0 Å². The molecule has 0 aliphatic carbocycles. The van der Waals surface area contributed by atoms with Gasteiger partial charge in [0, 0.05) is 10.8 Å². The van der Waals surface area contributed by atoms with Crippen LogP contribution < -0.4 is 5.32 Å². The lowest BCUT2D eigenvalue weighted by Crippen LogP contribution is -2.14. The van der Waals surface area contributed by atoms with Crippen LogP contribution in [0.15, 0.2) is 89.9 Å². The first-order chi connectivity index (χ1) is 12.3. The first kappa shape index (κ1) is 15.2. The van der Waals surface area contributed by atoms with Crippen LogP contribution in [0.25, 0.3) is 21.5 Å². The van der Waals surface area contributed by atoms with E-state index in [1.54, 1.807) is 7.11 Å². The normalized spacial score (nSPS) is 11.6. The molecule has 3 heteroatoms. The summed E-state index contributed by atoms with van der Waals surface area (Å²) in [4.78, 5) is 4.69. The molecular formula is C22H18N2O. The van der Waals surface area contributed by atoms with E-state index in [9.17, 15) is 0 Å². The molecule has 0 aromatic heterocycles. The molecule has 4 aromatic rings. The molecule has 4 rings (SSSR count). The average Bonchev–Trinajstić information content (AvgIpc) is 2.68. The first-order valence-corrected chi connectivity index (χ1v) is 8.20. The maximum Gasteiger partial charge on any atom is 0.294 e. The van der Waals surface area contributed by atoms with Gasteiger partial charge in [-0.15, -0.1) is 0 Å². The summed E-state index contributed by atoms with van der Waals surface area (Å²) in [6, 6.07) is 29.1. The highest BCUT2D eigenvalue weighted by atomic mass is 16.5. The first-order valence-electron chi connectivity index (χ1n) is 8.20. The third kappa shape index (κ3) is 3.04. The maximum atomic E-state index is 5.49. The standard InChI is InChI=1S/C22H18N2O/c1-25-22(23-20-14-6-10-16-8-2-4-12-18(16)20)24-21-15-7-11-17-9-3-5-13-19(17)21/h2-15H,1H3,(H,23,24). The van der Waals surface area contributed by atoms with Crippen molar-refractivity contribution >= 4 is 38.9 Å². The minimum Gasteiger partial charge on any atom is -0.468 e. The van der Waals surface area contributed by atoms with Crippen LogP contribution in [0.4, 0.5) is 11.4 Å². The maximum absolute atomic E-state index is 5.49. The highest BCUT2D eigenvalue weighted by Gasteiger charge is 2.06. The number of ether oxygens (including phenoxy) is 1. The second kappa shape index (κ2) is 6.65. The average molecular weight is 326 g/mol. The largest absolute Gasteiger partial charge is 0.468 e. The summed E-state index contributed by atoms with van der Waals surface area (Å²) in [7, 11) is 1.63. The fourth-order valence-corrected chi connectivity index (χ4v) is 2.99. The molecule has 0 saturated carbocycles. The van der Waals surface area contributed by atoms with E-state index in [1.807, 2.05) is 48.5 Å². The van der Waals surface area contributed by atoms with Gasteiger partial charge in [-0.25, -0.2) is 0 Å². The van der Waals surface area contributed by atoms with Crippen molar-refractivity contribution in [3.63, 3.8) is 0 Å². The Bertz CT molecular complexity index is 1060. The number of hydrogen-bond acceptors (Lipinski definition) is 2. The Kier molecular flexibility index (Phi) is 4.05. The topological polar surface area (TPSA) is 33.6 Å². The Morgan fingerprint density at radius 1 is 0.720 bits per heavy atom. The second-order valence-electron chi connectivity index (χ2n) is 5.77. The van der Waals surface area contributed by atoms with E-state index >= 15 is 0 Å². The van der Waals surface area contributed by atoms with Crippen molar-refractivity contribution in [2.24, 2.45) is 4.99 Å². The number of rotatable bonds is 2. The molecule has 122 valence electrons. The number of nitrogens with one attached hydrogen (secondary N) is 1. The highest BCUT2D eigenvalue weighted by Crippen LogP contribution is 2.27. The Labute approximate surface area is 146 Å². The van der Waals surface area contributed by atoms with E-state index in [2.05, 4.69) is 41.7 Å². The van der Waals surface area contributed by atoms with Crippen molar-refractivity contribution in [1.82, 2.24) is 0 Å². The van der Waals surface area contributed by atoms with E-state index in [0.29, 0.717) is 6.02 Å². The van der Waals surface area contributed by atoms with Crippen LogP contribution in [-0.4, -0.2) is 13.1 Å². The van der Waals surface area contributed by atoms with Gasteiger partial charge in [-0.1, -0.05) is 72.8 Å². The molecule has 0 unspecified atom stereocenters. The molecule has 25 heavy (non-hydrogen) atoms. The number of methoxy groups -OCH3 is 1. The molecule has 3 nitrogen and oxygen atoms in total. The second-order valence-corrected chi connectivity index (χ2v) is 5.77. The molecule has 0 aliphatic heterocycles. The quantitative estimate of drug-likeness (QED) is 0.376. The monoisotopic (exact) mass is 326 g/mol. The molecule has 0 fully saturated rings. The van der Waals surface area contributed by atoms with Crippen molar-refractivity contribution in [3.05, 3.63) is 84.9 Å². The summed E-state index contributed by atoms with van der Waals surface area (Å²) in [5.74, 6) is 0. The van der Waals surface area contributed by atoms with Crippen molar-refractivity contribution in [2.45, 2.75) is 0 Å². The molecule has 1 N–H and O–H groups in total. The SMILES string of the molecule is COC(=Nc1cccc2ccccc12)Nc1cccc2ccccc12. The zero-order chi connectivity index (χ0) is 17.1. The number of anilines is 1. The van der Waals surface area contributed by atoms with Gasteiger partial charge in [0.25, 0.3) is 6.02 Å². The molecule has 0 amide bonds. The van der Waals surface area contributed by atoms with E-state index in [1.165, 1.54) is 5.39 Å². The van der Waals surface area contributed by atoms with E-state index in [0.717, 1.165) is 27.5 Å². The van der Waals surface area contributed by atoms with Crippen LogP contribution in [0, 0.1) is 0 Å². The van der Waals surface area contributed by atoms with E-state index < -0.39 is 0 Å². The number of aliphatic imine (C=N–C) groups is 1. The summed E-state index contributed by atoms with van der Waals surface area (Å²) in [6.07, 6.45) is 0. The van der Waals surface area contributed by atoms with Gasteiger partial charge < -0.3 is 10.1 Å². The number of amidine groups is 1. The Morgan fingerprint density at radius 2 is 1.32 bits per heavy atom. The molecule has 0 spiro atoms. The molecule has 4 aromatic carbocycles. The zero-order valence-electron chi connectivity index (χ0n) is 13.9. The van der Waals surface area contributed by atoms with Crippen molar-refractivity contribution < 1.29 is 4.74 Å². The van der Waals surface area contributed by atoms with Gasteiger partial charge in [-0.3, -0.25) is 0 Å². The van der Waals surface area contributed by atoms with Crippen LogP contribution >= 0.6 is 0 Å². The molecule has 0 aliphatic rings. The van der Waals surface area contributed by atoms with Gasteiger partial charge in [0.05, 0.1) is 18.5 Å². The third-order valence-corrected chi connectivity index (χ3v) is 4.21. The van der Waals surface area contributed by atoms with Gasteiger partial charge in [-0.2, -0.15) is 4.99 Å². The van der Waals surface area contributed by atoms with Crippen LogP contribution in [0.2, 0.25) is 0 Å². The van der Waals surface area contributed by atoms with Crippen LogP contribution in [0.3, 0.4) is 0 Å². The van der Waals surface area contributed by atoms with Gasteiger partial charge in [0.15, 0.2) is 0 Å². The van der Waals surface area contributed by atoms with Gasteiger partial charge >= 0.3 is 0 Å². The smallest absolute Gasteiger partial charge is 0.294 e. The van der Waals surface area contributed by atoms with Crippen molar-refractivity contribution in [2.75, 3.05) is 12.4 Å². The Balaban J connectivity index is 1.76. The summed E-state index contributed by atoms with van der Waals surface area (Å²) in [5.41, 5.74) is 1.85. The van der Waals surface area contributed by atoms with Crippen LogP contribution in [-0.2, 0) is 4.74 Å². The minimum atomic E-state index is 0.465. The van der Waals surface area contributed by atoms with Gasteiger partial charge in [0.1, 0.15) is 0 Å². The number of fused-ring (bicyclic) bond motifs is 2. The third-order valence-electron chi connectivity index (χ3n) is 4.21. The summed E-state index contributed by atoms with van der Waals surface area (Å²) >= 11 is 0.